The first-order chi connectivity index (χ1) is 14.3. The number of rotatable bonds is 15. The van der Waals surface area contributed by atoms with Crippen LogP contribution in [0.15, 0.2) is 46.6 Å². The fourth-order valence-corrected chi connectivity index (χ4v) is 3.06. The molecule has 0 saturated carbocycles. The molecule has 2 atom stereocenters. The fraction of sp³-hybridized carbons (Fsp3) is 0.571. The van der Waals surface area contributed by atoms with E-state index in [9.17, 15) is 10.2 Å². The Balaban J connectivity index is 4.06. The van der Waals surface area contributed by atoms with Crippen molar-refractivity contribution in [1.29, 1.82) is 0 Å². The summed E-state index contributed by atoms with van der Waals surface area (Å²) >= 11 is 0. The van der Waals surface area contributed by atoms with Crippen molar-refractivity contribution in [2.75, 3.05) is 0 Å². The van der Waals surface area contributed by atoms with Gasteiger partial charge in [-0.25, -0.2) is 0 Å². The van der Waals surface area contributed by atoms with Crippen molar-refractivity contribution in [3.63, 3.8) is 0 Å². The Labute approximate surface area is 185 Å². The highest BCUT2D eigenvalue weighted by molar-refractivity contribution is 5.07. The molecule has 0 aromatic rings. The highest BCUT2D eigenvalue weighted by atomic mass is 16.3. The van der Waals surface area contributed by atoms with Crippen LogP contribution in [0.4, 0.5) is 0 Å². The molecule has 0 aliphatic heterocycles. The number of hydrogen-bond donors (Lipinski definition) is 2. The second-order valence-electron chi connectivity index (χ2n) is 8.30. The van der Waals surface area contributed by atoms with Crippen molar-refractivity contribution >= 4 is 0 Å². The van der Waals surface area contributed by atoms with Gasteiger partial charge in [0.1, 0.15) is 12.2 Å². The lowest BCUT2D eigenvalue weighted by Gasteiger charge is -2.05. The monoisotopic (exact) mass is 410 g/mol. The number of unbranched alkanes of at least 4 members (excludes halogenated alkanes) is 1. The van der Waals surface area contributed by atoms with Crippen LogP contribution in [0, 0.1) is 24.7 Å². The Hall–Kier alpha value is -2.00. The van der Waals surface area contributed by atoms with Gasteiger partial charge in [0.25, 0.3) is 0 Å². The zero-order valence-corrected chi connectivity index (χ0v) is 19.6. The highest BCUT2D eigenvalue weighted by Gasteiger charge is 2.00. The SMILES string of the molecule is C#CC(O)CC/C(C)=C/CC/C(C)=C/CC/C=C(\C)CC/C=C(\C)CCC(O)C#C. The topological polar surface area (TPSA) is 40.5 Å². The maximum absolute atomic E-state index is 9.41. The summed E-state index contributed by atoms with van der Waals surface area (Å²) in [6.45, 7) is 8.61. The summed E-state index contributed by atoms with van der Waals surface area (Å²) in [5, 5.41) is 18.8. The van der Waals surface area contributed by atoms with Crippen LogP contribution in [0.1, 0.15) is 91.9 Å². The predicted octanol–water partition coefficient (Wildman–Crippen LogP) is 6.66. The molecule has 30 heavy (non-hydrogen) atoms. The van der Waals surface area contributed by atoms with Crippen LogP contribution < -0.4 is 0 Å². The molecule has 0 rings (SSSR count). The van der Waals surface area contributed by atoms with Gasteiger partial charge in [-0.1, -0.05) is 58.4 Å². The molecule has 2 unspecified atom stereocenters. The molecule has 0 saturated heterocycles. The predicted molar refractivity (Wildman–Crippen MR) is 131 cm³/mol. The average molecular weight is 411 g/mol. The van der Waals surface area contributed by atoms with Gasteiger partial charge in [0.15, 0.2) is 0 Å². The Morgan fingerprint density at radius 2 is 0.900 bits per heavy atom. The second-order valence-corrected chi connectivity index (χ2v) is 8.30. The van der Waals surface area contributed by atoms with Crippen molar-refractivity contribution in [1.82, 2.24) is 0 Å². The molecule has 0 heterocycles. The van der Waals surface area contributed by atoms with Crippen molar-refractivity contribution in [2.45, 2.75) is 104 Å². The van der Waals surface area contributed by atoms with Gasteiger partial charge in [0.2, 0.25) is 0 Å². The Morgan fingerprint density at radius 3 is 1.23 bits per heavy atom. The summed E-state index contributed by atoms with van der Waals surface area (Å²) in [6.07, 6.45) is 27.7. The maximum Gasteiger partial charge on any atom is 0.114 e. The first-order valence-corrected chi connectivity index (χ1v) is 11.2. The van der Waals surface area contributed by atoms with Crippen LogP contribution in [0.25, 0.3) is 0 Å². The number of allylic oxidation sites excluding steroid dienone is 8. The van der Waals surface area contributed by atoms with Crippen LogP contribution in [0.2, 0.25) is 0 Å². The van der Waals surface area contributed by atoms with E-state index >= 15 is 0 Å². The molecular weight excluding hydrogens is 368 g/mol. The Morgan fingerprint density at radius 1 is 0.600 bits per heavy atom. The van der Waals surface area contributed by atoms with Crippen LogP contribution in [-0.2, 0) is 0 Å². The van der Waals surface area contributed by atoms with Gasteiger partial charge in [0, 0.05) is 0 Å². The van der Waals surface area contributed by atoms with Crippen LogP contribution in [-0.4, -0.2) is 22.4 Å². The summed E-state index contributed by atoms with van der Waals surface area (Å²) in [7, 11) is 0. The molecule has 2 nitrogen and oxygen atoms in total. The number of hydrogen-bond acceptors (Lipinski definition) is 2. The largest absolute Gasteiger partial charge is 0.380 e. The lowest BCUT2D eigenvalue weighted by atomic mass is 10.0. The molecule has 0 spiro atoms. The Kier molecular flexibility index (Phi) is 16.6. The van der Waals surface area contributed by atoms with E-state index < -0.39 is 12.2 Å². The van der Waals surface area contributed by atoms with E-state index in [1.807, 2.05) is 0 Å². The highest BCUT2D eigenvalue weighted by Crippen LogP contribution is 2.14. The third-order valence-electron chi connectivity index (χ3n) is 5.22. The van der Waals surface area contributed by atoms with Gasteiger partial charge < -0.3 is 10.2 Å². The number of aliphatic hydroxyl groups excluding tert-OH is 2. The van der Waals surface area contributed by atoms with Gasteiger partial charge in [-0.05, 0) is 91.9 Å². The minimum absolute atomic E-state index is 0.626. The van der Waals surface area contributed by atoms with Gasteiger partial charge in [-0.3, -0.25) is 0 Å². The lowest BCUT2D eigenvalue weighted by molar-refractivity contribution is 0.222. The zero-order chi connectivity index (χ0) is 22.8. The average Bonchev–Trinajstić information content (AvgIpc) is 2.73. The smallest absolute Gasteiger partial charge is 0.114 e. The van der Waals surface area contributed by atoms with Gasteiger partial charge in [-0.2, -0.15) is 0 Å². The van der Waals surface area contributed by atoms with E-state index in [2.05, 4.69) is 63.8 Å². The third kappa shape index (κ3) is 16.9. The van der Waals surface area contributed by atoms with Crippen molar-refractivity contribution in [3.8, 4) is 24.7 Å². The standard InChI is InChI=1S/C28H42O2/c1-7-27(29)21-19-25(5)17-11-15-23(3)13-9-10-14-24(4)16-12-18-26(6)20-22-28(30)8-2/h1-2,13-14,17-18,27-30H,9-12,15-16,19-22H2,3-6H3/b23-13+,24-14+,25-17+,26-18+. The first-order valence-electron chi connectivity index (χ1n) is 11.2. The molecule has 0 aliphatic carbocycles. The summed E-state index contributed by atoms with van der Waals surface area (Å²) < 4.78 is 0. The van der Waals surface area contributed by atoms with Crippen molar-refractivity contribution < 1.29 is 10.2 Å². The number of aliphatic hydroxyl groups is 2. The minimum Gasteiger partial charge on any atom is -0.380 e. The Bertz CT molecular complexity index is 616. The zero-order valence-electron chi connectivity index (χ0n) is 19.6. The first kappa shape index (κ1) is 28.0. The molecule has 0 bridgehead atoms. The van der Waals surface area contributed by atoms with Crippen LogP contribution in [0.3, 0.4) is 0 Å². The summed E-state index contributed by atoms with van der Waals surface area (Å²) in [5.74, 6) is 4.71. The van der Waals surface area contributed by atoms with Crippen molar-refractivity contribution in [3.05, 3.63) is 46.6 Å². The molecular formula is C28H42O2. The molecule has 0 aromatic heterocycles. The normalized spacial score (nSPS) is 15.5. The van der Waals surface area contributed by atoms with E-state index in [1.54, 1.807) is 0 Å². The maximum atomic E-state index is 9.41. The summed E-state index contributed by atoms with van der Waals surface area (Å²) in [5.41, 5.74) is 5.46. The molecule has 0 aromatic carbocycles. The molecule has 166 valence electrons. The summed E-state index contributed by atoms with van der Waals surface area (Å²) in [6, 6.07) is 0. The number of terminal acetylenes is 2. The molecule has 0 amide bonds. The van der Waals surface area contributed by atoms with Crippen molar-refractivity contribution in [2.24, 2.45) is 0 Å². The van der Waals surface area contributed by atoms with Gasteiger partial charge >= 0.3 is 0 Å². The van der Waals surface area contributed by atoms with E-state index in [1.165, 1.54) is 22.3 Å². The third-order valence-corrected chi connectivity index (χ3v) is 5.22. The molecule has 2 heteroatoms. The molecule has 2 N–H and O–H groups in total. The van der Waals surface area contributed by atoms with E-state index in [-0.39, 0.29) is 0 Å². The fourth-order valence-electron chi connectivity index (χ4n) is 3.06. The minimum atomic E-state index is -0.626. The van der Waals surface area contributed by atoms with Gasteiger partial charge in [0.05, 0.1) is 0 Å². The quantitative estimate of drug-likeness (QED) is 0.180. The lowest BCUT2D eigenvalue weighted by Crippen LogP contribution is -2.01. The molecule has 0 fully saturated rings. The molecule has 0 radical (unpaired) electrons. The molecule has 0 aliphatic rings. The van der Waals surface area contributed by atoms with E-state index in [0.29, 0.717) is 12.8 Å². The van der Waals surface area contributed by atoms with E-state index in [4.69, 9.17) is 12.8 Å². The van der Waals surface area contributed by atoms with Gasteiger partial charge in [-0.15, -0.1) is 12.8 Å². The van der Waals surface area contributed by atoms with Crippen LogP contribution in [0.5, 0.6) is 0 Å². The van der Waals surface area contributed by atoms with Crippen LogP contribution >= 0.6 is 0 Å². The van der Waals surface area contributed by atoms with E-state index in [0.717, 1.165) is 51.4 Å². The second kappa shape index (κ2) is 17.8. The summed E-state index contributed by atoms with van der Waals surface area (Å²) in [4.78, 5) is 0.